The van der Waals surface area contributed by atoms with Crippen molar-refractivity contribution >= 4 is 23.7 Å². The van der Waals surface area contributed by atoms with Crippen molar-refractivity contribution in [3.63, 3.8) is 0 Å². The predicted octanol–water partition coefficient (Wildman–Crippen LogP) is 3.08. The largest absolute Gasteiger partial charge is 0.317 e. The van der Waals surface area contributed by atoms with Crippen LogP contribution in [0.15, 0.2) is 6.20 Å². The molecule has 1 aromatic heterocycles. The zero-order chi connectivity index (χ0) is 10.3. The number of thiazole rings is 1. The maximum absolute atomic E-state index is 4.66. The Bertz CT molecular complexity index is 354. The van der Waals surface area contributed by atoms with Crippen molar-refractivity contribution in [3.8, 4) is 0 Å². The second-order valence-electron chi connectivity index (χ2n) is 5.15. The van der Waals surface area contributed by atoms with Gasteiger partial charge >= 0.3 is 0 Å². The highest BCUT2D eigenvalue weighted by molar-refractivity contribution is 7.11. The minimum atomic E-state index is 0. The molecule has 0 bridgehead atoms. The second kappa shape index (κ2) is 4.63. The summed E-state index contributed by atoms with van der Waals surface area (Å²) in [5.74, 6) is 0.863. The molecule has 1 aliphatic heterocycles. The average molecular weight is 259 g/mol. The Balaban J connectivity index is 0.000000963. The Morgan fingerprint density at radius 1 is 1.38 bits per heavy atom. The number of piperidine rings is 1. The number of halogens is 1. The van der Waals surface area contributed by atoms with Crippen LogP contribution in [0.2, 0.25) is 0 Å². The third-order valence-corrected chi connectivity index (χ3v) is 5.19. The quantitative estimate of drug-likeness (QED) is 0.882. The molecular weight excluding hydrogens is 240 g/mol. The van der Waals surface area contributed by atoms with Gasteiger partial charge < -0.3 is 5.32 Å². The van der Waals surface area contributed by atoms with E-state index in [1.54, 1.807) is 0 Å². The van der Waals surface area contributed by atoms with Crippen molar-refractivity contribution in [2.75, 3.05) is 13.1 Å². The number of hydrogen-bond acceptors (Lipinski definition) is 3. The average Bonchev–Trinajstić information content (AvgIpc) is 2.97. The topological polar surface area (TPSA) is 24.9 Å². The first-order chi connectivity index (χ1) is 7.28. The van der Waals surface area contributed by atoms with Crippen molar-refractivity contribution in [2.45, 2.75) is 43.9 Å². The van der Waals surface area contributed by atoms with Gasteiger partial charge in [0.05, 0.1) is 5.01 Å². The van der Waals surface area contributed by atoms with Crippen LogP contribution in [0.5, 0.6) is 0 Å². The van der Waals surface area contributed by atoms with Crippen molar-refractivity contribution < 1.29 is 0 Å². The van der Waals surface area contributed by atoms with Crippen LogP contribution in [-0.2, 0) is 5.41 Å². The lowest BCUT2D eigenvalue weighted by Crippen LogP contribution is -2.37. The van der Waals surface area contributed by atoms with E-state index in [-0.39, 0.29) is 12.4 Å². The second-order valence-corrected chi connectivity index (χ2v) is 6.21. The highest BCUT2D eigenvalue weighted by Crippen LogP contribution is 2.45. The maximum atomic E-state index is 4.66. The molecule has 2 fully saturated rings. The first-order valence-corrected chi connectivity index (χ1v) is 6.76. The zero-order valence-corrected chi connectivity index (χ0v) is 11.3. The van der Waals surface area contributed by atoms with Crippen LogP contribution in [0.3, 0.4) is 0 Å². The van der Waals surface area contributed by atoms with Gasteiger partial charge in [-0.2, -0.15) is 0 Å². The van der Waals surface area contributed by atoms with Crippen molar-refractivity contribution in [3.05, 3.63) is 16.1 Å². The Morgan fingerprint density at radius 3 is 2.69 bits per heavy atom. The number of nitrogens with one attached hydrogen (secondary N) is 1. The monoisotopic (exact) mass is 258 g/mol. The van der Waals surface area contributed by atoms with Crippen LogP contribution in [0.1, 0.15) is 48.4 Å². The maximum Gasteiger partial charge on any atom is 0.0987 e. The molecule has 2 nitrogen and oxygen atoms in total. The van der Waals surface area contributed by atoms with E-state index in [1.165, 1.54) is 35.6 Å². The lowest BCUT2D eigenvalue weighted by Gasteiger charge is -2.31. The van der Waals surface area contributed by atoms with Crippen LogP contribution in [0.25, 0.3) is 0 Å². The predicted molar refractivity (Wildman–Crippen MR) is 70.8 cm³/mol. The number of hydrogen-bond donors (Lipinski definition) is 1. The Morgan fingerprint density at radius 2 is 2.06 bits per heavy atom. The van der Waals surface area contributed by atoms with Crippen molar-refractivity contribution in [2.24, 2.45) is 0 Å². The third-order valence-electron chi connectivity index (χ3n) is 3.73. The smallest absolute Gasteiger partial charge is 0.0987 e. The molecule has 1 saturated carbocycles. The van der Waals surface area contributed by atoms with E-state index in [2.05, 4.69) is 23.4 Å². The van der Waals surface area contributed by atoms with Gasteiger partial charge in [-0.05, 0) is 44.7 Å². The summed E-state index contributed by atoms with van der Waals surface area (Å²) in [6.45, 7) is 4.67. The minimum absolute atomic E-state index is 0. The van der Waals surface area contributed by atoms with Gasteiger partial charge in [-0.25, -0.2) is 4.98 Å². The highest BCUT2D eigenvalue weighted by Gasteiger charge is 2.33. The normalized spacial score (nSPS) is 23.8. The van der Waals surface area contributed by atoms with Crippen LogP contribution in [0.4, 0.5) is 0 Å². The first-order valence-electron chi connectivity index (χ1n) is 5.95. The van der Waals surface area contributed by atoms with Crippen molar-refractivity contribution in [1.29, 1.82) is 0 Å². The zero-order valence-electron chi connectivity index (χ0n) is 9.66. The molecule has 16 heavy (non-hydrogen) atoms. The van der Waals surface area contributed by atoms with Gasteiger partial charge in [0.25, 0.3) is 0 Å². The summed E-state index contributed by atoms with van der Waals surface area (Å²) < 4.78 is 0. The molecule has 0 unspecified atom stereocenters. The summed E-state index contributed by atoms with van der Waals surface area (Å²) in [7, 11) is 0. The summed E-state index contributed by atoms with van der Waals surface area (Å²) in [5, 5.41) is 4.81. The van der Waals surface area contributed by atoms with Crippen LogP contribution >= 0.6 is 23.7 Å². The van der Waals surface area contributed by atoms with E-state index in [0.717, 1.165) is 19.0 Å². The lowest BCUT2D eigenvalue weighted by molar-refractivity contribution is 0.334. The van der Waals surface area contributed by atoms with E-state index in [0.29, 0.717) is 5.41 Å². The van der Waals surface area contributed by atoms with Crippen molar-refractivity contribution in [1.82, 2.24) is 10.3 Å². The van der Waals surface area contributed by atoms with Gasteiger partial charge in [0.1, 0.15) is 0 Å². The van der Waals surface area contributed by atoms with E-state index in [4.69, 9.17) is 0 Å². The molecule has 1 saturated heterocycles. The molecule has 90 valence electrons. The molecule has 1 N–H and O–H groups in total. The fourth-order valence-corrected chi connectivity index (χ4v) is 3.60. The molecule has 3 rings (SSSR count). The Labute approximate surface area is 107 Å². The lowest BCUT2D eigenvalue weighted by atomic mass is 9.82. The molecule has 1 aliphatic carbocycles. The Hall–Kier alpha value is -0.120. The number of rotatable bonds is 2. The van der Waals surface area contributed by atoms with Gasteiger partial charge in [-0.3, -0.25) is 0 Å². The molecule has 0 aromatic carbocycles. The van der Waals surface area contributed by atoms with Gasteiger partial charge in [0.15, 0.2) is 0 Å². The minimum Gasteiger partial charge on any atom is -0.317 e. The standard InChI is InChI=1S/C12H18N2S.ClH/c1-12(4-6-13-7-5-12)11-14-8-10(15-11)9-2-3-9;/h8-9,13H,2-7H2,1H3;1H. The van der Waals surface area contributed by atoms with Gasteiger partial charge in [-0.15, -0.1) is 23.7 Å². The Kier molecular flexibility index (Phi) is 3.57. The van der Waals surface area contributed by atoms with Gasteiger partial charge in [-0.1, -0.05) is 6.92 Å². The molecule has 0 atom stereocenters. The number of nitrogens with zero attached hydrogens (tertiary/aromatic N) is 1. The fourth-order valence-electron chi connectivity index (χ4n) is 2.31. The van der Waals surface area contributed by atoms with Gasteiger partial charge in [0.2, 0.25) is 0 Å². The number of aromatic nitrogens is 1. The summed E-state index contributed by atoms with van der Waals surface area (Å²) in [6, 6.07) is 0. The summed E-state index contributed by atoms with van der Waals surface area (Å²) >= 11 is 1.97. The van der Waals surface area contributed by atoms with Crippen LogP contribution in [0, 0.1) is 0 Å². The third kappa shape index (κ3) is 2.27. The van der Waals surface area contributed by atoms with E-state index in [9.17, 15) is 0 Å². The molecule has 1 aromatic rings. The van der Waals surface area contributed by atoms with E-state index in [1.807, 2.05) is 11.3 Å². The molecule has 0 amide bonds. The molecule has 4 heteroatoms. The van der Waals surface area contributed by atoms with Crippen LogP contribution < -0.4 is 5.32 Å². The summed E-state index contributed by atoms with van der Waals surface area (Å²) in [5.41, 5.74) is 0.350. The molecule has 0 radical (unpaired) electrons. The molecular formula is C12H19ClN2S. The molecule has 2 aliphatic rings. The van der Waals surface area contributed by atoms with E-state index >= 15 is 0 Å². The first kappa shape index (κ1) is 12.3. The molecule has 0 spiro atoms. The highest BCUT2D eigenvalue weighted by atomic mass is 35.5. The molecule has 2 heterocycles. The summed E-state index contributed by atoms with van der Waals surface area (Å²) in [4.78, 5) is 6.20. The van der Waals surface area contributed by atoms with Crippen LogP contribution in [-0.4, -0.2) is 18.1 Å². The van der Waals surface area contributed by atoms with E-state index < -0.39 is 0 Å². The van der Waals surface area contributed by atoms with Gasteiger partial charge in [0, 0.05) is 16.5 Å². The fraction of sp³-hybridized carbons (Fsp3) is 0.750. The summed E-state index contributed by atoms with van der Waals surface area (Å²) in [6.07, 6.45) is 7.39. The SMILES string of the molecule is CC1(c2ncc(C3CC3)s2)CCNCC1.Cl.